The average Bonchev–Trinajstić information content (AvgIpc) is 3.30. The molecule has 3 aromatic rings. The maximum Gasteiger partial charge on any atom is 0.274 e. The molecule has 2 aliphatic rings. The molecular formula is C25H33N7O4S. The minimum absolute atomic E-state index is 0.0703. The van der Waals surface area contributed by atoms with Crippen LogP contribution in [0.2, 0.25) is 0 Å². The van der Waals surface area contributed by atoms with Crippen molar-refractivity contribution in [2.24, 2.45) is 0 Å². The van der Waals surface area contributed by atoms with Crippen LogP contribution in [-0.2, 0) is 8.92 Å². The van der Waals surface area contributed by atoms with Gasteiger partial charge in [-0.1, -0.05) is 6.42 Å². The Morgan fingerprint density at radius 1 is 1.22 bits per heavy atom. The third-order valence-electron chi connectivity index (χ3n) is 7.20. The van der Waals surface area contributed by atoms with Crippen molar-refractivity contribution >= 4 is 40.9 Å². The van der Waals surface area contributed by atoms with E-state index in [1.807, 2.05) is 6.07 Å². The number of ether oxygens (including phenoxy) is 1. The van der Waals surface area contributed by atoms with Crippen molar-refractivity contribution in [1.29, 1.82) is 0 Å². The third-order valence-corrected chi connectivity index (χ3v) is 8.09. The van der Waals surface area contributed by atoms with Crippen LogP contribution >= 0.6 is 12.0 Å². The van der Waals surface area contributed by atoms with Crippen LogP contribution in [0.1, 0.15) is 54.9 Å². The van der Waals surface area contributed by atoms with Crippen molar-refractivity contribution in [3.63, 3.8) is 0 Å². The zero-order valence-corrected chi connectivity index (χ0v) is 22.1. The number of carbonyl (C=O) groups excluding carboxylic acids is 1. The van der Waals surface area contributed by atoms with Gasteiger partial charge in [-0.15, -0.1) is 0 Å². The molecule has 12 heteroatoms. The second-order valence-electron chi connectivity index (χ2n) is 9.53. The van der Waals surface area contributed by atoms with Gasteiger partial charge in [0.2, 0.25) is 0 Å². The normalized spacial score (nSPS) is 23.4. The SMILES string of the molecule is CNc1cc(Nc2cccn(C3CC(OC)C3)c2=O)nc2c(C(=O)N[C@@H]3CCCC(SOC)C3)cnn12. The van der Waals surface area contributed by atoms with Gasteiger partial charge in [-0.05, 0) is 56.3 Å². The minimum Gasteiger partial charge on any atom is -0.381 e. The summed E-state index contributed by atoms with van der Waals surface area (Å²) >= 11 is 1.47. The topological polar surface area (TPSA) is 124 Å². The molecule has 3 aromatic heterocycles. The molecule has 0 aromatic carbocycles. The summed E-state index contributed by atoms with van der Waals surface area (Å²) in [6.07, 6.45) is 9.07. The van der Waals surface area contributed by atoms with E-state index in [1.54, 1.807) is 48.7 Å². The Morgan fingerprint density at radius 3 is 2.81 bits per heavy atom. The smallest absolute Gasteiger partial charge is 0.274 e. The molecule has 0 bridgehead atoms. The van der Waals surface area contributed by atoms with Crippen LogP contribution in [-0.4, -0.2) is 63.7 Å². The van der Waals surface area contributed by atoms with Gasteiger partial charge in [0.05, 0.1) is 19.4 Å². The Labute approximate surface area is 219 Å². The minimum atomic E-state index is -0.213. The number of hydrogen-bond donors (Lipinski definition) is 3. The Bertz CT molecular complexity index is 1320. The summed E-state index contributed by atoms with van der Waals surface area (Å²) < 4.78 is 13.9. The Hall–Kier alpha value is -3.09. The highest BCUT2D eigenvalue weighted by Gasteiger charge is 2.31. The summed E-state index contributed by atoms with van der Waals surface area (Å²) in [6.45, 7) is 0. The first kappa shape index (κ1) is 25.6. The Balaban J connectivity index is 1.38. The molecule has 5 rings (SSSR count). The quantitative estimate of drug-likeness (QED) is 0.359. The fourth-order valence-corrected chi connectivity index (χ4v) is 5.96. The molecule has 1 unspecified atom stereocenters. The van der Waals surface area contributed by atoms with Gasteiger partial charge in [-0.25, -0.2) is 4.98 Å². The Morgan fingerprint density at radius 2 is 2.05 bits per heavy atom. The van der Waals surface area contributed by atoms with Crippen LogP contribution in [0, 0.1) is 0 Å². The number of nitrogens with one attached hydrogen (secondary N) is 3. The average molecular weight is 528 g/mol. The van der Waals surface area contributed by atoms with Gasteiger partial charge in [0.25, 0.3) is 11.5 Å². The monoisotopic (exact) mass is 527 g/mol. The van der Waals surface area contributed by atoms with Gasteiger partial charge >= 0.3 is 0 Å². The summed E-state index contributed by atoms with van der Waals surface area (Å²) in [4.78, 5) is 31.1. The zero-order valence-electron chi connectivity index (χ0n) is 21.3. The van der Waals surface area contributed by atoms with E-state index in [1.165, 1.54) is 18.2 Å². The van der Waals surface area contributed by atoms with Crippen LogP contribution in [0.15, 0.2) is 35.4 Å². The molecule has 11 nitrogen and oxygen atoms in total. The van der Waals surface area contributed by atoms with Crippen molar-refractivity contribution in [2.75, 3.05) is 31.9 Å². The summed E-state index contributed by atoms with van der Waals surface area (Å²) in [7, 11) is 5.14. The molecule has 0 saturated heterocycles. The lowest BCUT2D eigenvalue weighted by molar-refractivity contribution is 0.00522. The lowest BCUT2D eigenvalue weighted by Gasteiger charge is -2.35. The fraction of sp³-hybridized carbons (Fsp3) is 0.520. The molecule has 0 radical (unpaired) electrons. The van der Waals surface area contributed by atoms with Gasteiger partial charge in [-0.3, -0.25) is 9.59 Å². The van der Waals surface area contributed by atoms with Gasteiger partial charge in [0, 0.05) is 43.8 Å². The highest BCUT2D eigenvalue weighted by Crippen LogP contribution is 2.33. The zero-order chi connectivity index (χ0) is 25.9. The van der Waals surface area contributed by atoms with Crippen molar-refractivity contribution in [3.05, 3.63) is 46.5 Å². The van der Waals surface area contributed by atoms with E-state index in [-0.39, 0.29) is 29.7 Å². The molecular weight excluding hydrogens is 494 g/mol. The number of amides is 1. The van der Waals surface area contributed by atoms with Crippen molar-refractivity contribution < 1.29 is 13.7 Å². The number of hydrogen-bond acceptors (Lipinski definition) is 9. The number of carbonyl (C=O) groups is 1. The lowest BCUT2D eigenvalue weighted by Crippen LogP contribution is -2.39. The van der Waals surface area contributed by atoms with Crippen molar-refractivity contribution in [3.8, 4) is 0 Å². The number of fused-ring (bicyclic) bond motifs is 1. The predicted octanol–water partition coefficient (Wildman–Crippen LogP) is 3.36. The molecule has 2 atom stereocenters. The van der Waals surface area contributed by atoms with Gasteiger partial charge in [0.1, 0.15) is 22.9 Å². The molecule has 198 valence electrons. The van der Waals surface area contributed by atoms with Crippen molar-refractivity contribution in [2.45, 2.75) is 62.0 Å². The molecule has 3 heterocycles. The standard InChI is InChI=1S/C25H33N7O4S/c1-26-22-13-21(29-20-8-5-9-31(25(20)34)16-11-17(12-16)35-2)30-23-19(14-27-32(22)23)24(33)28-15-6-4-7-18(10-15)37-36-3/h5,8-9,13-18,26H,4,6-7,10-12H2,1-3H3,(H,28,33)(H,29,30)/t15-,16?,17?,18?/m1/s1. The predicted molar refractivity (Wildman–Crippen MR) is 144 cm³/mol. The van der Waals surface area contributed by atoms with E-state index in [0.29, 0.717) is 33.8 Å². The molecule has 3 N–H and O–H groups in total. The number of methoxy groups -OCH3 is 1. The first-order chi connectivity index (χ1) is 18.0. The van der Waals surface area contributed by atoms with E-state index in [2.05, 4.69) is 26.0 Å². The van der Waals surface area contributed by atoms with Crippen LogP contribution in [0.4, 0.5) is 17.3 Å². The first-order valence-corrected chi connectivity index (χ1v) is 13.4. The van der Waals surface area contributed by atoms with Crippen molar-refractivity contribution in [1.82, 2.24) is 24.5 Å². The van der Waals surface area contributed by atoms with E-state index >= 15 is 0 Å². The molecule has 2 aliphatic carbocycles. The second-order valence-corrected chi connectivity index (χ2v) is 10.7. The second kappa shape index (κ2) is 11.1. The summed E-state index contributed by atoms with van der Waals surface area (Å²) in [6, 6.07) is 5.53. The maximum atomic E-state index is 13.2. The van der Waals surface area contributed by atoms with Crippen LogP contribution < -0.4 is 21.5 Å². The lowest BCUT2D eigenvalue weighted by atomic mass is 9.89. The maximum absolute atomic E-state index is 13.2. The van der Waals surface area contributed by atoms with E-state index < -0.39 is 0 Å². The van der Waals surface area contributed by atoms with E-state index in [0.717, 1.165) is 38.5 Å². The molecule has 0 aliphatic heterocycles. The number of rotatable bonds is 9. The number of anilines is 3. The van der Waals surface area contributed by atoms with Crippen LogP contribution in [0.5, 0.6) is 0 Å². The number of nitrogens with zero attached hydrogens (tertiary/aromatic N) is 4. The molecule has 2 fully saturated rings. The van der Waals surface area contributed by atoms with E-state index in [4.69, 9.17) is 8.92 Å². The van der Waals surface area contributed by atoms with Gasteiger partial charge < -0.3 is 29.4 Å². The highest BCUT2D eigenvalue weighted by atomic mass is 32.2. The molecule has 37 heavy (non-hydrogen) atoms. The third kappa shape index (κ3) is 5.32. The largest absolute Gasteiger partial charge is 0.381 e. The van der Waals surface area contributed by atoms with Crippen LogP contribution in [0.3, 0.4) is 0 Å². The Kier molecular flexibility index (Phi) is 7.68. The van der Waals surface area contributed by atoms with Gasteiger partial charge in [-0.2, -0.15) is 9.61 Å². The van der Waals surface area contributed by atoms with Gasteiger partial charge in [0.15, 0.2) is 5.65 Å². The number of pyridine rings is 1. The molecule has 0 spiro atoms. The first-order valence-electron chi connectivity index (χ1n) is 12.6. The highest BCUT2D eigenvalue weighted by molar-refractivity contribution is 7.95. The van der Waals surface area contributed by atoms with Crippen LogP contribution in [0.25, 0.3) is 5.65 Å². The van der Waals surface area contributed by atoms with E-state index in [9.17, 15) is 9.59 Å². The molecule has 1 amide bonds. The fourth-order valence-electron chi connectivity index (χ4n) is 5.12. The summed E-state index contributed by atoms with van der Waals surface area (Å²) in [5, 5.41) is 14.2. The summed E-state index contributed by atoms with van der Waals surface area (Å²) in [5.74, 6) is 0.868. The number of aromatic nitrogens is 4. The summed E-state index contributed by atoms with van der Waals surface area (Å²) in [5.41, 5.74) is 1.08. The molecule has 2 saturated carbocycles.